The zero-order chi connectivity index (χ0) is 38.8. The molecule has 288 valence electrons. The van der Waals surface area contributed by atoms with Crippen LogP contribution in [0.15, 0.2) is 70.7 Å². The van der Waals surface area contributed by atoms with Gasteiger partial charge >= 0.3 is 0 Å². The highest BCUT2D eigenvalue weighted by atomic mass is 32.2. The fraction of sp³-hybridized carbons (Fsp3) is 0.500. The lowest BCUT2D eigenvalue weighted by Gasteiger charge is -2.21. The molecule has 0 fully saturated rings. The Bertz CT molecular complexity index is 1870. The Morgan fingerprint density at radius 2 is 1.02 bits per heavy atom. The molecule has 0 aliphatic rings. The van der Waals surface area contributed by atoms with Crippen LogP contribution in [0.5, 0.6) is 11.5 Å². The minimum atomic E-state index is -3.88. The molecule has 0 atom stereocenters. The average molecular weight is 761 g/mol. The number of nitrogens with zero attached hydrogens (tertiary/aromatic N) is 7. The first-order chi connectivity index (χ1) is 24.3. The highest BCUT2D eigenvalue weighted by Crippen LogP contribution is 2.26. The fourth-order valence-electron chi connectivity index (χ4n) is 5.18. The maximum atomic E-state index is 13.9. The number of aromatic nitrogens is 4. The molecule has 4 rings (SSSR count). The average Bonchev–Trinajstić information content (AvgIpc) is 3.73. The lowest BCUT2D eigenvalue weighted by molar-refractivity contribution is 0.364. The molecule has 2 heterocycles. The van der Waals surface area contributed by atoms with Gasteiger partial charge in [0.05, 0.1) is 27.3 Å². The molecule has 14 nitrogen and oxygen atoms in total. The van der Waals surface area contributed by atoms with Gasteiger partial charge in [0.15, 0.2) is 10.1 Å². The van der Waals surface area contributed by atoms with E-state index in [1.165, 1.54) is 4.31 Å². The maximum Gasteiger partial charge on any atom is 0.262 e. The number of hydrogen-bond acceptors (Lipinski definition) is 10. The third-order valence-corrected chi connectivity index (χ3v) is 10.7. The molecule has 52 heavy (non-hydrogen) atoms. The summed E-state index contributed by atoms with van der Waals surface area (Å²) < 4.78 is 65.8. The Hall–Kier alpha value is -3.80. The van der Waals surface area contributed by atoms with Gasteiger partial charge in [-0.15, -0.1) is 0 Å². The number of nitrogens with two attached hydrogens (primary N) is 1. The third kappa shape index (κ3) is 12.1. The second kappa shape index (κ2) is 18.8. The van der Waals surface area contributed by atoms with Gasteiger partial charge in [-0.2, -0.15) is 14.5 Å². The number of primary sulfonamides is 1. The first-order valence-electron chi connectivity index (χ1n) is 17.1. The van der Waals surface area contributed by atoms with Crippen LogP contribution in [0, 0.1) is 0 Å². The highest BCUT2D eigenvalue weighted by Gasteiger charge is 2.29. The third-order valence-electron chi connectivity index (χ3n) is 8.21. The van der Waals surface area contributed by atoms with E-state index in [1.807, 2.05) is 114 Å². The summed E-state index contributed by atoms with van der Waals surface area (Å²) >= 11 is 0. The van der Waals surface area contributed by atoms with Crippen molar-refractivity contribution in [3.8, 4) is 11.5 Å². The van der Waals surface area contributed by atoms with E-state index in [2.05, 4.69) is 15.1 Å². The van der Waals surface area contributed by atoms with E-state index >= 15 is 0 Å². The minimum absolute atomic E-state index is 0.0556. The molecule has 2 N–H and O–H groups in total. The van der Waals surface area contributed by atoms with Crippen molar-refractivity contribution in [1.82, 2.24) is 33.7 Å². The molecule has 0 unspecified atom stereocenters. The van der Waals surface area contributed by atoms with Crippen molar-refractivity contribution >= 4 is 20.0 Å². The van der Waals surface area contributed by atoms with Crippen molar-refractivity contribution in [3.63, 3.8) is 0 Å². The normalized spacial score (nSPS) is 12.2. The van der Waals surface area contributed by atoms with Crippen molar-refractivity contribution in [1.29, 1.82) is 0 Å². The molecule has 4 aromatic rings. The SMILES string of the molecule is CC(C)c1cc(S(N)(=O)=O)nn1CCN(C)C.COc1ccc(CN(Cc2ccc(OC)cc2)S(=O)(=O)c2cc(C(C)C)n(CCN(C)C)n2)cc1. The summed E-state index contributed by atoms with van der Waals surface area (Å²) in [6, 6.07) is 18.1. The monoisotopic (exact) mass is 760 g/mol. The molecule has 0 amide bonds. The standard InChI is InChI=1S/C26H36N4O4S.C10H20N4O2S/c1-20(2)25-17-26(27-30(25)16-15-28(3)4)35(31,32)29(18-21-7-11-23(33-5)12-8-21)19-22-9-13-24(34-6)14-10-22;1-8(2)9-7-10(17(11,15)16)12-14(9)6-5-13(3)4/h7-14,17,20H,15-16,18-19H2,1-6H3;7-8H,5-6H2,1-4H3,(H2,11,15,16). The topological polar surface area (TPSA) is 158 Å². The quantitative estimate of drug-likeness (QED) is 0.166. The molecule has 16 heteroatoms. The zero-order valence-electron chi connectivity index (χ0n) is 32.1. The summed E-state index contributed by atoms with van der Waals surface area (Å²) in [5.74, 6) is 1.80. The van der Waals surface area contributed by atoms with Gasteiger partial charge in [0, 0.05) is 49.7 Å². The van der Waals surface area contributed by atoms with E-state index in [4.69, 9.17) is 14.6 Å². The molecule has 2 aromatic heterocycles. The largest absolute Gasteiger partial charge is 0.497 e. The van der Waals surface area contributed by atoms with E-state index < -0.39 is 20.0 Å². The minimum Gasteiger partial charge on any atom is -0.497 e. The predicted molar refractivity (Wildman–Crippen MR) is 204 cm³/mol. The van der Waals surface area contributed by atoms with Gasteiger partial charge in [-0.05, 0) is 75.4 Å². The van der Waals surface area contributed by atoms with Crippen molar-refractivity contribution in [2.24, 2.45) is 5.14 Å². The summed E-state index contributed by atoms with van der Waals surface area (Å²) in [7, 11) is 3.50. The number of likely N-dealkylation sites (N-methyl/N-ethyl adjacent to an activating group) is 2. The van der Waals surface area contributed by atoms with Crippen molar-refractivity contribution in [2.75, 3.05) is 55.5 Å². The van der Waals surface area contributed by atoms with E-state index in [0.29, 0.717) is 13.1 Å². The molecule has 2 aromatic carbocycles. The van der Waals surface area contributed by atoms with Crippen LogP contribution in [0.25, 0.3) is 0 Å². The van der Waals surface area contributed by atoms with Crippen LogP contribution in [-0.2, 0) is 46.2 Å². The summed E-state index contributed by atoms with van der Waals surface area (Å²) in [5.41, 5.74) is 3.51. The van der Waals surface area contributed by atoms with Gasteiger partial charge in [0.1, 0.15) is 11.5 Å². The number of rotatable bonds is 17. The summed E-state index contributed by atoms with van der Waals surface area (Å²) in [4.78, 5) is 4.07. The number of sulfonamides is 2. The van der Waals surface area contributed by atoms with E-state index in [9.17, 15) is 16.8 Å². The van der Waals surface area contributed by atoms with Crippen LogP contribution >= 0.6 is 0 Å². The lowest BCUT2D eigenvalue weighted by Crippen LogP contribution is -2.31. The van der Waals surface area contributed by atoms with E-state index in [0.717, 1.165) is 47.1 Å². The van der Waals surface area contributed by atoms with Crippen LogP contribution in [-0.4, -0.2) is 106 Å². The Kier molecular flexibility index (Phi) is 15.4. The van der Waals surface area contributed by atoms with Gasteiger partial charge < -0.3 is 19.3 Å². The van der Waals surface area contributed by atoms with Crippen LogP contribution in [0.1, 0.15) is 62.0 Å². The van der Waals surface area contributed by atoms with Gasteiger partial charge in [0.25, 0.3) is 20.0 Å². The van der Waals surface area contributed by atoms with Crippen LogP contribution in [0.3, 0.4) is 0 Å². The first kappa shape index (κ1) is 42.6. The van der Waals surface area contributed by atoms with Crippen molar-refractivity contribution in [2.45, 2.75) is 75.8 Å². The second-order valence-corrected chi connectivity index (χ2v) is 17.1. The predicted octanol–water partition coefficient (Wildman–Crippen LogP) is 4.19. The summed E-state index contributed by atoms with van der Waals surface area (Å²) in [5, 5.41) is 13.7. The molecule has 0 saturated carbocycles. The lowest BCUT2D eigenvalue weighted by atomic mass is 10.1. The molecule has 0 bridgehead atoms. The molecule has 0 spiro atoms. The van der Waals surface area contributed by atoms with Crippen LogP contribution in [0.4, 0.5) is 0 Å². The first-order valence-corrected chi connectivity index (χ1v) is 20.1. The number of benzene rings is 2. The van der Waals surface area contributed by atoms with Gasteiger partial charge in [-0.3, -0.25) is 9.36 Å². The Morgan fingerprint density at radius 3 is 1.35 bits per heavy atom. The van der Waals surface area contributed by atoms with Gasteiger partial charge in [0.2, 0.25) is 0 Å². The smallest absolute Gasteiger partial charge is 0.262 e. The van der Waals surface area contributed by atoms with E-state index in [1.54, 1.807) is 31.0 Å². The molecule has 0 saturated heterocycles. The molecule has 0 aliphatic carbocycles. The molecular weight excluding hydrogens is 705 g/mol. The summed E-state index contributed by atoms with van der Waals surface area (Å²) in [6.07, 6.45) is 0. The van der Waals surface area contributed by atoms with Crippen LogP contribution in [0.2, 0.25) is 0 Å². The number of methoxy groups -OCH3 is 2. The van der Waals surface area contributed by atoms with E-state index in [-0.39, 0.29) is 35.0 Å². The Morgan fingerprint density at radius 1 is 0.654 bits per heavy atom. The fourth-order valence-corrected chi connectivity index (χ4v) is 7.05. The number of hydrogen-bond donors (Lipinski definition) is 1. The molecule has 0 radical (unpaired) electrons. The number of ether oxygens (including phenoxy) is 2. The molecule has 0 aliphatic heterocycles. The van der Waals surface area contributed by atoms with Crippen LogP contribution < -0.4 is 14.6 Å². The second-order valence-electron chi connectivity index (χ2n) is 13.7. The van der Waals surface area contributed by atoms with Gasteiger partial charge in [-0.1, -0.05) is 52.0 Å². The zero-order valence-corrected chi connectivity index (χ0v) is 33.8. The van der Waals surface area contributed by atoms with Gasteiger partial charge in [-0.25, -0.2) is 22.0 Å². The van der Waals surface area contributed by atoms with Crippen molar-refractivity contribution < 1.29 is 26.3 Å². The Balaban J connectivity index is 0.000000359. The molecular formula is C36H56N8O6S2. The summed E-state index contributed by atoms with van der Waals surface area (Å²) in [6.45, 7) is 11.3. The Labute approximate surface area is 310 Å². The highest BCUT2D eigenvalue weighted by molar-refractivity contribution is 7.89. The maximum absolute atomic E-state index is 13.9. The van der Waals surface area contributed by atoms with Crippen molar-refractivity contribution in [3.05, 3.63) is 83.2 Å².